The summed E-state index contributed by atoms with van der Waals surface area (Å²) in [6.45, 7) is 3.85. The monoisotopic (exact) mass is 329 g/mol. The highest BCUT2D eigenvalue weighted by molar-refractivity contribution is 5.78. The normalized spacial score (nSPS) is 14.2. The molecule has 1 aliphatic rings. The van der Waals surface area contributed by atoms with Crippen molar-refractivity contribution < 1.29 is 18.7 Å². The van der Waals surface area contributed by atoms with Crippen molar-refractivity contribution >= 4 is 5.91 Å². The molecule has 3 rings (SSSR count). The summed E-state index contributed by atoms with van der Waals surface area (Å²) in [4.78, 5) is 13.8. The third kappa shape index (κ3) is 4.04. The summed E-state index contributed by atoms with van der Waals surface area (Å²) < 4.78 is 24.0. The highest BCUT2D eigenvalue weighted by atomic mass is 19.1. The van der Waals surface area contributed by atoms with Crippen molar-refractivity contribution in [1.29, 1.82) is 0 Å². The summed E-state index contributed by atoms with van der Waals surface area (Å²) in [6, 6.07) is 13.6. The van der Waals surface area contributed by atoms with Gasteiger partial charge in [-0.25, -0.2) is 4.39 Å². The van der Waals surface area contributed by atoms with E-state index < -0.39 is 0 Å². The van der Waals surface area contributed by atoms with E-state index in [0.717, 1.165) is 11.3 Å². The summed E-state index contributed by atoms with van der Waals surface area (Å²) in [7, 11) is 0. The zero-order valence-electron chi connectivity index (χ0n) is 13.6. The molecule has 24 heavy (non-hydrogen) atoms. The molecule has 0 unspecified atom stereocenters. The number of likely N-dealkylation sites (tertiary alicyclic amines) is 1. The predicted molar refractivity (Wildman–Crippen MR) is 88.6 cm³/mol. The molecule has 1 fully saturated rings. The fourth-order valence-electron chi connectivity index (χ4n) is 2.57. The first-order valence-electron chi connectivity index (χ1n) is 7.96. The molecule has 2 aromatic carbocycles. The van der Waals surface area contributed by atoms with Gasteiger partial charge in [-0.05, 0) is 42.8 Å². The molecule has 0 saturated carbocycles. The van der Waals surface area contributed by atoms with Crippen molar-refractivity contribution in [2.45, 2.75) is 6.92 Å². The zero-order valence-corrected chi connectivity index (χ0v) is 13.6. The lowest BCUT2D eigenvalue weighted by Crippen LogP contribution is -2.53. The maximum atomic E-state index is 12.8. The second kappa shape index (κ2) is 7.34. The Balaban J connectivity index is 1.37. The Hall–Kier alpha value is -2.56. The Bertz CT molecular complexity index is 696. The van der Waals surface area contributed by atoms with Gasteiger partial charge in [0.1, 0.15) is 17.3 Å². The van der Waals surface area contributed by atoms with Crippen LogP contribution in [-0.4, -0.2) is 37.1 Å². The van der Waals surface area contributed by atoms with Gasteiger partial charge >= 0.3 is 0 Å². The van der Waals surface area contributed by atoms with Gasteiger partial charge in [0.25, 0.3) is 5.91 Å². The van der Waals surface area contributed by atoms with Crippen LogP contribution in [0.15, 0.2) is 48.5 Å². The van der Waals surface area contributed by atoms with E-state index >= 15 is 0 Å². The van der Waals surface area contributed by atoms with Gasteiger partial charge in [-0.2, -0.15) is 0 Å². The Kier molecular flexibility index (Phi) is 4.99. The first kappa shape index (κ1) is 16.3. The van der Waals surface area contributed by atoms with E-state index in [1.807, 2.05) is 31.2 Å². The molecule has 1 aliphatic heterocycles. The van der Waals surface area contributed by atoms with Gasteiger partial charge in [-0.15, -0.1) is 0 Å². The van der Waals surface area contributed by atoms with Crippen LogP contribution in [0.25, 0.3) is 0 Å². The number of ether oxygens (including phenoxy) is 2. The van der Waals surface area contributed by atoms with E-state index in [2.05, 4.69) is 0 Å². The van der Waals surface area contributed by atoms with Crippen LogP contribution < -0.4 is 9.47 Å². The molecule has 0 N–H and O–H groups in total. The van der Waals surface area contributed by atoms with Crippen LogP contribution in [-0.2, 0) is 4.79 Å². The van der Waals surface area contributed by atoms with Crippen LogP contribution in [0.5, 0.6) is 11.5 Å². The number of hydrogen-bond acceptors (Lipinski definition) is 3. The zero-order chi connectivity index (χ0) is 16.9. The smallest absolute Gasteiger partial charge is 0.260 e. The van der Waals surface area contributed by atoms with Crippen LogP contribution in [0, 0.1) is 18.7 Å². The fourth-order valence-corrected chi connectivity index (χ4v) is 2.57. The number of para-hydroxylation sites is 1. The molecule has 4 nitrogen and oxygen atoms in total. The molecule has 0 atom stereocenters. The highest BCUT2D eigenvalue weighted by Crippen LogP contribution is 2.20. The van der Waals surface area contributed by atoms with Crippen molar-refractivity contribution in [2.24, 2.45) is 5.92 Å². The number of benzene rings is 2. The quantitative estimate of drug-likeness (QED) is 0.818. The fraction of sp³-hybridized carbons (Fsp3) is 0.316. The summed E-state index contributed by atoms with van der Waals surface area (Å²) in [5, 5.41) is 0. The van der Waals surface area contributed by atoms with E-state index in [4.69, 9.17) is 9.47 Å². The molecule has 1 amide bonds. The van der Waals surface area contributed by atoms with E-state index in [-0.39, 0.29) is 18.3 Å². The third-order valence-electron chi connectivity index (χ3n) is 4.05. The Morgan fingerprint density at radius 1 is 1.12 bits per heavy atom. The van der Waals surface area contributed by atoms with Crippen molar-refractivity contribution in [2.75, 3.05) is 26.3 Å². The number of rotatable bonds is 6. The van der Waals surface area contributed by atoms with Gasteiger partial charge in [-0.3, -0.25) is 4.79 Å². The Morgan fingerprint density at radius 2 is 1.83 bits per heavy atom. The van der Waals surface area contributed by atoms with E-state index in [9.17, 15) is 9.18 Å². The van der Waals surface area contributed by atoms with Gasteiger partial charge in [-0.1, -0.05) is 18.2 Å². The van der Waals surface area contributed by atoms with Crippen LogP contribution in [0.4, 0.5) is 4.39 Å². The van der Waals surface area contributed by atoms with Crippen molar-refractivity contribution in [3.05, 3.63) is 59.9 Å². The Labute approximate surface area is 140 Å². The number of hydrogen-bond donors (Lipinski definition) is 0. The number of carbonyl (C=O) groups excluding carboxylic acids is 1. The average Bonchev–Trinajstić information content (AvgIpc) is 2.54. The second-order valence-electron chi connectivity index (χ2n) is 5.98. The minimum Gasteiger partial charge on any atom is -0.493 e. The lowest BCUT2D eigenvalue weighted by molar-refractivity contribution is -0.140. The van der Waals surface area contributed by atoms with Gasteiger partial charge in [0.2, 0.25) is 0 Å². The van der Waals surface area contributed by atoms with Gasteiger partial charge in [0, 0.05) is 19.0 Å². The molecule has 0 radical (unpaired) electrons. The molecule has 1 heterocycles. The molecule has 2 aromatic rings. The first-order valence-corrected chi connectivity index (χ1v) is 7.96. The van der Waals surface area contributed by atoms with Crippen LogP contribution in [0.2, 0.25) is 0 Å². The van der Waals surface area contributed by atoms with Gasteiger partial charge in [0.15, 0.2) is 6.61 Å². The van der Waals surface area contributed by atoms with Crippen LogP contribution in [0.3, 0.4) is 0 Å². The number of carbonyl (C=O) groups is 1. The Morgan fingerprint density at radius 3 is 2.54 bits per heavy atom. The van der Waals surface area contributed by atoms with Gasteiger partial charge in [0.05, 0.1) is 6.61 Å². The average molecular weight is 329 g/mol. The highest BCUT2D eigenvalue weighted by Gasteiger charge is 2.31. The molecular weight excluding hydrogens is 309 g/mol. The lowest BCUT2D eigenvalue weighted by Gasteiger charge is -2.38. The number of aryl methyl sites for hydroxylation is 1. The lowest BCUT2D eigenvalue weighted by atomic mass is 10.0. The topological polar surface area (TPSA) is 38.8 Å². The summed E-state index contributed by atoms with van der Waals surface area (Å²) in [5.74, 6) is 1.39. The molecule has 0 bridgehead atoms. The van der Waals surface area contributed by atoms with Crippen molar-refractivity contribution in [3.63, 3.8) is 0 Å². The second-order valence-corrected chi connectivity index (χ2v) is 5.98. The van der Waals surface area contributed by atoms with E-state index in [1.54, 1.807) is 17.0 Å². The molecule has 0 aliphatic carbocycles. The summed E-state index contributed by atoms with van der Waals surface area (Å²) >= 11 is 0. The molecule has 0 spiro atoms. The van der Waals surface area contributed by atoms with E-state index in [1.165, 1.54) is 12.1 Å². The number of amides is 1. The number of halogens is 1. The van der Waals surface area contributed by atoms with E-state index in [0.29, 0.717) is 31.4 Å². The maximum Gasteiger partial charge on any atom is 0.260 e. The molecule has 5 heteroatoms. The molecule has 126 valence electrons. The van der Waals surface area contributed by atoms with Crippen LogP contribution in [0.1, 0.15) is 5.56 Å². The predicted octanol–water partition coefficient (Wildman–Crippen LogP) is 3.05. The SMILES string of the molecule is Cc1ccccc1OCC(=O)N1CC(COc2ccc(F)cc2)C1. The minimum atomic E-state index is -0.281. The van der Waals surface area contributed by atoms with Crippen molar-refractivity contribution in [1.82, 2.24) is 4.90 Å². The summed E-state index contributed by atoms with van der Waals surface area (Å²) in [5.41, 5.74) is 1.01. The van der Waals surface area contributed by atoms with Crippen molar-refractivity contribution in [3.8, 4) is 11.5 Å². The number of nitrogens with zero attached hydrogens (tertiary/aromatic N) is 1. The first-order chi connectivity index (χ1) is 11.6. The largest absolute Gasteiger partial charge is 0.493 e. The van der Waals surface area contributed by atoms with Gasteiger partial charge < -0.3 is 14.4 Å². The molecule has 0 aromatic heterocycles. The third-order valence-corrected chi connectivity index (χ3v) is 4.05. The van der Waals surface area contributed by atoms with Crippen LogP contribution >= 0.6 is 0 Å². The standard InChI is InChI=1S/C19H20FNO3/c1-14-4-2-3-5-18(14)24-13-19(22)21-10-15(11-21)12-23-17-8-6-16(20)7-9-17/h2-9,15H,10-13H2,1H3. The minimum absolute atomic E-state index is 0.0173. The molecule has 1 saturated heterocycles. The molecular formula is C19H20FNO3. The summed E-state index contributed by atoms with van der Waals surface area (Å²) in [6.07, 6.45) is 0. The maximum absolute atomic E-state index is 12.8.